The molecular formula is C29H26F2N2O3. The molecule has 1 atom stereocenters. The lowest BCUT2D eigenvalue weighted by atomic mass is 9.85. The number of hydrogen-bond donors (Lipinski definition) is 1. The van der Waals surface area contributed by atoms with Gasteiger partial charge in [-0.3, -0.25) is 9.29 Å². The quantitative estimate of drug-likeness (QED) is 0.459. The molecule has 0 aromatic heterocycles. The third-order valence-corrected chi connectivity index (χ3v) is 6.73. The van der Waals surface area contributed by atoms with Crippen molar-refractivity contribution in [3.05, 3.63) is 88.7 Å². The van der Waals surface area contributed by atoms with E-state index in [1.807, 2.05) is 37.3 Å². The van der Waals surface area contributed by atoms with Crippen molar-refractivity contribution in [3.63, 3.8) is 0 Å². The Morgan fingerprint density at radius 1 is 1.11 bits per heavy atom. The van der Waals surface area contributed by atoms with Crippen molar-refractivity contribution >= 4 is 11.1 Å². The SMILES string of the molecule is CC1=C(c2cc(F)cc(C#N)c2)C(c2ccc(OCCN3CC(CF)C3)cc2)Oc2ccc(O)cc21. The Balaban J connectivity index is 1.42. The average molecular weight is 489 g/mol. The van der Waals surface area contributed by atoms with Crippen LogP contribution in [0.25, 0.3) is 11.1 Å². The van der Waals surface area contributed by atoms with Gasteiger partial charge in [0.1, 0.15) is 35.8 Å². The largest absolute Gasteiger partial charge is 0.508 e. The number of nitriles is 1. The van der Waals surface area contributed by atoms with E-state index in [-0.39, 0.29) is 23.9 Å². The Morgan fingerprint density at radius 2 is 1.89 bits per heavy atom. The highest BCUT2D eigenvalue weighted by Gasteiger charge is 2.30. The summed E-state index contributed by atoms with van der Waals surface area (Å²) in [6, 6.07) is 18.7. The van der Waals surface area contributed by atoms with E-state index in [9.17, 15) is 19.1 Å². The van der Waals surface area contributed by atoms with E-state index in [1.54, 1.807) is 24.3 Å². The van der Waals surface area contributed by atoms with Gasteiger partial charge in [0.15, 0.2) is 0 Å². The normalized spacial score (nSPS) is 17.7. The van der Waals surface area contributed by atoms with Gasteiger partial charge >= 0.3 is 0 Å². The van der Waals surface area contributed by atoms with Gasteiger partial charge in [0.05, 0.1) is 18.3 Å². The molecule has 1 fully saturated rings. The van der Waals surface area contributed by atoms with Gasteiger partial charge in [-0.05, 0) is 72.2 Å². The Hall–Kier alpha value is -3.89. The van der Waals surface area contributed by atoms with Crippen molar-refractivity contribution in [2.45, 2.75) is 13.0 Å². The average Bonchev–Trinajstić information content (AvgIpc) is 2.85. The summed E-state index contributed by atoms with van der Waals surface area (Å²) < 4.78 is 39.2. The van der Waals surface area contributed by atoms with Gasteiger partial charge in [-0.1, -0.05) is 12.1 Å². The maximum Gasteiger partial charge on any atom is 0.150 e. The number of phenols is 1. The standard InChI is InChI=1S/C29H26F2N2O3/c1-18-26-13-24(34)4-7-27(26)36-29(28(18)22-10-19(15-32)11-23(31)12-22)21-2-5-25(6-3-21)35-9-8-33-16-20(14-30)17-33/h2-7,10-13,20,29,34H,8-9,14,16-17H2,1H3. The predicted octanol–water partition coefficient (Wildman–Crippen LogP) is 5.75. The zero-order valence-corrected chi connectivity index (χ0v) is 19.9. The molecule has 0 bridgehead atoms. The number of fused-ring (bicyclic) bond motifs is 1. The number of benzene rings is 3. The Morgan fingerprint density at radius 3 is 2.61 bits per heavy atom. The topological polar surface area (TPSA) is 65.7 Å². The second-order valence-electron chi connectivity index (χ2n) is 9.25. The van der Waals surface area contributed by atoms with Crippen molar-refractivity contribution in [1.29, 1.82) is 5.26 Å². The van der Waals surface area contributed by atoms with Crippen LogP contribution in [0.3, 0.4) is 0 Å². The predicted molar refractivity (Wildman–Crippen MR) is 133 cm³/mol. The van der Waals surface area contributed by atoms with Crippen LogP contribution in [-0.4, -0.2) is 42.9 Å². The highest BCUT2D eigenvalue weighted by Crippen LogP contribution is 2.47. The number of nitrogens with zero attached hydrogens (tertiary/aromatic N) is 2. The van der Waals surface area contributed by atoms with Gasteiger partial charge in [-0.2, -0.15) is 5.26 Å². The smallest absolute Gasteiger partial charge is 0.150 e. The number of likely N-dealkylation sites (tertiary alicyclic amines) is 1. The highest BCUT2D eigenvalue weighted by molar-refractivity contribution is 5.95. The maximum atomic E-state index is 14.4. The first-order chi connectivity index (χ1) is 17.4. The molecule has 0 radical (unpaired) electrons. The number of ether oxygens (including phenoxy) is 2. The summed E-state index contributed by atoms with van der Waals surface area (Å²) in [5, 5.41) is 19.4. The first-order valence-corrected chi connectivity index (χ1v) is 11.9. The number of allylic oxidation sites excluding steroid dienone is 1. The van der Waals surface area contributed by atoms with E-state index in [2.05, 4.69) is 4.90 Å². The third-order valence-electron chi connectivity index (χ3n) is 6.73. The molecule has 184 valence electrons. The van der Waals surface area contributed by atoms with Crippen LogP contribution in [0.15, 0.2) is 60.7 Å². The monoisotopic (exact) mass is 488 g/mol. The highest BCUT2D eigenvalue weighted by atomic mass is 19.1. The summed E-state index contributed by atoms with van der Waals surface area (Å²) in [6.07, 6.45) is -0.553. The van der Waals surface area contributed by atoms with Crippen LogP contribution in [0, 0.1) is 23.1 Å². The molecule has 1 unspecified atom stereocenters. The van der Waals surface area contributed by atoms with E-state index in [1.165, 1.54) is 12.1 Å². The molecule has 5 rings (SSSR count). The second-order valence-corrected chi connectivity index (χ2v) is 9.25. The van der Waals surface area contributed by atoms with Crippen molar-refractivity contribution in [1.82, 2.24) is 4.90 Å². The van der Waals surface area contributed by atoms with Gasteiger partial charge in [0, 0.05) is 36.7 Å². The minimum Gasteiger partial charge on any atom is -0.508 e. The molecule has 1 N–H and O–H groups in total. The van der Waals surface area contributed by atoms with Crippen molar-refractivity contribution in [3.8, 4) is 23.3 Å². The molecule has 0 saturated carbocycles. The van der Waals surface area contributed by atoms with Crippen LogP contribution in [0.2, 0.25) is 0 Å². The van der Waals surface area contributed by atoms with Crippen LogP contribution in [0.4, 0.5) is 8.78 Å². The summed E-state index contributed by atoms with van der Waals surface area (Å²) in [5.41, 5.74) is 3.86. The lowest BCUT2D eigenvalue weighted by Gasteiger charge is -2.37. The Labute approximate surface area is 208 Å². The van der Waals surface area contributed by atoms with E-state index in [4.69, 9.17) is 9.47 Å². The summed E-state index contributed by atoms with van der Waals surface area (Å²) >= 11 is 0. The van der Waals surface area contributed by atoms with Crippen molar-refractivity contribution < 1.29 is 23.4 Å². The first kappa shape index (κ1) is 23.8. The van der Waals surface area contributed by atoms with Crippen LogP contribution in [-0.2, 0) is 0 Å². The van der Waals surface area contributed by atoms with Crippen LogP contribution < -0.4 is 9.47 Å². The zero-order chi connectivity index (χ0) is 25.2. The number of aromatic hydroxyl groups is 1. The summed E-state index contributed by atoms with van der Waals surface area (Å²) in [5.74, 6) is 1.07. The number of halogens is 2. The summed E-state index contributed by atoms with van der Waals surface area (Å²) in [4.78, 5) is 2.16. The third kappa shape index (κ3) is 4.77. The molecule has 2 aliphatic rings. The molecule has 7 heteroatoms. The van der Waals surface area contributed by atoms with E-state index in [0.717, 1.165) is 36.3 Å². The van der Waals surface area contributed by atoms with Gasteiger partial charge in [-0.15, -0.1) is 0 Å². The van der Waals surface area contributed by atoms with Crippen LogP contribution in [0.1, 0.15) is 35.3 Å². The lowest BCUT2D eigenvalue weighted by Crippen LogP contribution is -2.49. The molecule has 3 aromatic rings. The molecular weight excluding hydrogens is 462 g/mol. The fourth-order valence-corrected chi connectivity index (χ4v) is 4.84. The lowest BCUT2D eigenvalue weighted by molar-refractivity contribution is 0.0668. The van der Waals surface area contributed by atoms with E-state index < -0.39 is 11.9 Å². The Kier molecular flexibility index (Phi) is 6.62. The second kappa shape index (κ2) is 10.00. The van der Waals surface area contributed by atoms with Crippen molar-refractivity contribution in [2.75, 3.05) is 32.9 Å². The molecule has 2 aliphatic heterocycles. The number of hydrogen-bond acceptors (Lipinski definition) is 5. The minimum absolute atomic E-state index is 0.103. The summed E-state index contributed by atoms with van der Waals surface area (Å²) in [7, 11) is 0. The van der Waals surface area contributed by atoms with Crippen LogP contribution in [0.5, 0.6) is 17.2 Å². The molecule has 0 aliphatic carbocycles. The number of phenolic OH excluding ortho intramolecular Hbond substituents is 1. The molecule has 5 nitrogen and oxygen atoms in total. The fraction of sp³-hybridized carbons (Fsp3) is 0.276. The summed E-state index contributed by atoms with van der Waals surface area (Å²) in [6.45, 7) is 4.45. The van der Waals surface area contributed by atoms with Gasteiger partial charge in [0.25, 0.3) is 0 Å². The van der Waals surface area contributed by atoms with E-state index >= 15 is 0 Å². The Bertz CT molecular complexity index is 1340. The maximum absolute atomic E-state index is 14.4. The minimum atomic E-state index is -0.553. The number of alkyl halides is 1. The molecule has 36 heavy (non-hydrogen) atoms. The molecule has 1 saturated heterocycles. The fourth-order valence-electron chi connectivity index (χ4n) is 4.84. The van der Waals surface area contributed by atoms with Gasteiger partial charge in [-0.25, -0.2) is 4.39 Å². The van der Waals surface area contributed by atoms with Crippen molar-refractivity contribution in [2.24, 2.45) is 5.92 Å². The zero-order valence-electron chi connectivity index (χ0n) is 19.9. The molecule has 0 amide bonds. The first-order valence-electron chi connectivity index (χ1n) is 11.9. The molecule has 0 spiro atoms. The molecule has 2 heterocycles. The van der Waals surface area contributed by atoms with Crippen LogP contribution >= 0.6 is 0 Å². The van der Waals surface area contributed by atoms with Gasteiger partial charge < -0.3 is 14.6 Å². The molecule has 3 aromatic carbocycles. The number of rotatable bonds is 7. The van der Waals surface area contributed by atoms with Gasteiger partial charge in [0.2, 0.25) is 0 Å². The van der Waals surface area contributed by atoms with E-state index in [0.29, 0.717) is 29.2 Å².